The fraction of sp³-hybridized carbons (Fsp3) is 0. The van der Waals surface area contributed by atoms with Crippen LogP contribution in [0.2, 0.25) is 0 Å². The van der Waals surface area contributed by atoms with Crippen molar-refractivity contribution in [3.8, 4) is 50.7 Å². The van der Waals surface area contributed by atoms with Gasteiger partial charge < -0.3 is 27.7 Å². The molecule has 21 rings (SSSR count). The Morgan fingerprint density at radius 2 is 0.461 bits per heavy atom. The molecular weight excluding hydrogens is 1240 g/mol. The lowest BCUT2D eigenvalue weighted by molar-refractivity contribution is 1.13. The zero-order valence-electron chi connectivity index (χ0n) is 59.3. The summed E-state index contributed by atoms with van der Waals surface area (Å²) in [5, 5.41) is 11.5. The highest BCUT2D eigenvalue weighted by Gasteiger charge is 2.21. The van der Waals surface area contributed by atoms with E-state index >= 15 is 0 Å². The van der Waals surface area contributed by atoms with E-state index in [1.165, 1.54) is 65.5 Å². The monoisotopic (exact) mass is 1300 g/mol. The first kappa shape index (κ1) is 54.3. The number of anilines is 3. The number of benzene rings is 16. The molecule has 0 saturated carbocycles. The molecule has 0 spiro atoms. The summed E-state index contributed by atoms with van der Waals surface area (Å²) < 4.78 is 48.2. The summed E-state index contributed by atoms with van der Waals surface area (Å²) in [5.74, 6) is 0. The van der Waals surface area contributed by atoms with E-state index in [2.05, 4.69) is 326 Å². The summed E-state index contributed by atoms with van der Waals surface area (Å²) in [7, 11) is 0. The van der Waals surface area contributed by atoms with Crippen molar-refractivity contribution >= 4 is 126 Å². The second kappa shape index (κ2) is 24.1. The first-order valence-electron chi connectivity index (χ1n) is 36.7. The van der Waals surface area contributed by atoms with Gasteiger partial charge in [0.05, 0.1) is 60.7 Å². The lowest BCUT2D eigenvalue weighted by atomic mass is 10.0. The lowest BCUT2D eigenvalue weighted by Gasteiger charge is -2.26. The van der Waals surface area contributed by atoms with Gasteiger partial charge in [-0.3, -0.25) is 0 Å². The number of para-hydroxylation sites is 10. The van der Waals surface area contributed by atoms with Gasteiger partial charge in [-0.1, -0.05) is 230 Å². The third-order valence-electron chi connectivity index (χ3n) is 20.4. The van der Waals surface area contributed by atoms with E-state index in [9.17, 15) is 1.37 Å². The van der Waals surface area contributed by atoms with Crippen molar-refractivity contribution in [2.24, 2.45) is 0 Å². The Morgan fingerprint density at radius 1 is 0.186 bits per heavy atom. The summed E-state index contributed by atoms with van der Waals surface area (Å²) >= 11 is 0. The Hall–Kier alpha value is -13.7. The van der Waals surface area contributed by atoms with Crippen molar-refractivity contribution < 1.29 is 5.48 Å². The number of rotatable bonds is 10. The van der Waals surface area contributed by atoms with Crippen LogP contribution in [0, 0.1) is 0 Å². The summed E-state index contributed by atoms with van der Waals surface area (Å²) in [6.07, 6.45) is 0. The molecule has 16 aromatic carbocycles. The van der Waals surface area contributed by atoms with Crippen LogP contribution < -0.4 is 4.90 Å². The first-order chi connectivity index (χ1) is 52.3. The number of hydrogen-bond donors (Lipinski definition) is 0. The van der Waals surface area contributed by atoms with Gasteiger partial charge in [-0.15, -0.1) is 0 Å². The van der Waals surface area contributed by atoms with E-state index in [1.54, 1.807) is 0 Å². The maximum absolute atomic E-state index is 9.65. The van der Waals surface area contributed by atoms with E-state index in [0.717, 1.165) is 94.5 Å². The lowest BCUT2D eigenvalue weighted by Crippen LogP contribution is -2.09. The highest BCUT2D eigenvalue weighted by atomic mass is 15.1. The average molecular weight is 1310 g/mol. The predicted octanol–water partition coefficient (Wildman–Crippen LogP) is 25.7. The predicted molar refractivity (Wildman–Crippen MR) is 430 cm³/mol. The molecule has 0 fully saturated rings. The van der Waals surface area contributed by atoms with Gasteiger partial charge in [0, 0.05) is 99.4 Å². The molecule has 6 nitrogen and oxygen atoms in total. The SMILES string of the molecule is [2H]c1c([2H])c(-c2ccc3c(c2)c2ccccc2n3-c2cccc(-n3c4ccccc4c4ccccc43)c2)c([2H])c(-n2c3ccccc3c3ccccc32)c1[2H].c1ccc(N(c2ccccc2)c2cccc(-c3ccc4c(c3)c3ccccc3n4-c3cccc(-n4c5ccccc5c5ccccc54)c3)c2)cc1. The minimum Gasteiger partial charge on any atom is -0.310 e. The minimum atomic E-state index is -0.202. The fourth-order valence-electron chi connectivity index (χ4n) is 16.0. The molecule has 0 aliphatic heterocycles. The van der Waals surface area contributed by atoms with E-state index in [-0.39, 0.29) is 24.2 Å². The molecule has 6 heteroatoms. The molecule has 0 bridgehead atoms. The number of hydrogen-bond acceptors (Lipinski definition) is 1. The second-order valence-corrected chi connectivity index (χ2v) is 26.1. The van der Waals surface area contributed by atoms with Crippen molar-refractivity contribution in [2.45, 2.75) is 0 Å². The van der Waals surface area contributed by atoms with Crippen molar-refractivity contribution in [3.63, 3.8) is 0 Å². The summed E-state index contributed by atoms with van der Waals surface area (Å²) in [4.78, 5) is 2.32. The smallest absolute Gasteiger partial charge is 0.0651 e. The maximum atomic E-state index is 9.65. The molecule has 5 heterocycles. The van der Waals surface area contributed by atoms with Crippen LogP contribution in [0.1, 0.15) is 5.48 Å². The average Bonchev–Trinajstić information content (AvgIpc) is 1.47. The van der Waals surface area contributed by atoms with Gasteiger partial charge in [-0.25, -0.2) is 0 Å². The highest BCUT2D eigenvalue weighted by molar-refractivity contribution is 6.14. The largest absolute Gasteiger partial charge is 0.310 e. The highest BCUT2D eigenvalue weighted by Crippen LogP contribution is 2.43. The van der Waals surface area contributed by atoms with Crippen molar-refractivity contribution in [3.05, 3.63) is 388 Å². The Labute approximate surface area is 594 Å². The zero-order chi connectivity index (χ0) is 70.7. The second-order valence-electron chi connectivity index (χ2n) is 26.1. The van der Waals surface area contributed by atoms with Gasteiger partial charge in [0.25, 0.3) is 0 Å². The van der Waals surface area contributed by atoms with Crippen molar-refractivity contribution in [1.29, 1.82) is 0 Å². The van der Waals surface area contributed by atoms with Gasteiger partial charge in [-0.2, -0.15) is 0 Å². The minimum absolute atomic E-state index is 0.0551. The number of nitrogens with zero attached hydrogens (tertiary/aromatic N) is 6. The van der Waals surface area contributed by atoms with Crippen LogP contribution in [-0.4, -0.2) is 22.8 Å². The summed E-state index contributed by atoms with van der Waals surface area (Å²) in [6.45, 7) is 0. The van der Waals surface area contributed by atoms with Gasteiger partial charge in [-0.05, 0) is 180 Å². The standard InChI is InChI=1S/C48H31N3.C48H33N3/c1-6-22-43-37(17-1)38-18-2-7-23-44(38)49(43)34-14-11-13-32(29-34)33-27-28-48-42(30-33)41-21-5-10-26-47(41)51(48)36-16-12-15-35(31-36)50-45-24-8-3-19-39(45)40-20-4-9-25-46(40)50;1-3-16-36(17-4-1)49(37-18-5-2-6-19-37)38-20-13-15-34(31-38)35-29-30-48-44(32-35)43-25-9-12-28-47(43)51(48)40-22-14-21-39(33-40)50-45-26-10-7-23-41(45)42-24-8-11-27-46(42)50/h1-31H;1-33H/i11D,13D,14D,29D;. The van der Waals surface area contributed by atoms with Crippen molar-refractivity contribution in [1.82, 2.24) is 22.8 Å². The molecule has 0 aliphatic rings. The van der Waals surface area contributed by atoms with Crippen LogP contribution in [0.5, 0.6) is 0 Å². The van der Waals surface area contributed by atoms with Crippen molar-refractivity contribution in [2.75, 3.05) is 4.90 Å². The third kappa shape index (κ3) is 9.56. The Balaban J connectivity index is 0.000000141. The van der Waals surface area contributed by atoms with Crippen LogP contribution in [0.4, 0.5) is 17.1 Å². The molecule has 0 radical (unpaired) electrons. The molecule has 478 valence electrons. The van der Waals surface area contributed by atoms with Crippen LogP contribution in [0.15, 0.2) is 388 Å². The summed E-state index contributed by atoms with van der Waals surface area (Å²) in [5.41, 5.74) is 22.3. The third-order valence-corrected chi connectivity index (χ3v) is 20.4. The van der Waals surface area contributed by atoms with E-state index in [4.69, 9.17) is 4.11 Å². The molecule has 0 saturated heterocycles. The molecule has 21 aromatic rings. The zero-order valence-corrected chi connectivity index (χ0v) is 55.3. The Morgan fingerprint density at radius 3 is 0.824 bits per heavy atom. The number of fused-ring (bicyclic) bond motifs is 15. The molecule has 0 atom stereocenters. The van der Waals surface area contributed by atoms with Crippen LogP contribution in [-0.2, 0) is 0 Å². The van der Waals surface area contributed by atoms with E-state index in [1.807, 2.05) is 65.2 Å². The normalized spacial score (nSPS) is 12.3. The maximum Gasteiger partial charge on any atom is 0.0651 e. The number of aromatic nitrogens is 5. The molecule has 0 N–H and O–H groups in total. The molecule has 0 aliphatic carbocycles. The van der Waals surface area contributed by atoms with Gasteiger partial charge in [0.15, 0.2) is 0 Å². The Kier molecular flexibility index (Phi) is 12.8. The fourth-order valence-corrected chi connectivity index (χ4v) is 16.0. The van der Waals surface area contributed by atoms with Crippen LogP contribution in [0.25, 0.3) is 160 Å². The topological polar surface area (TPSA) is 27.9 Å². The molecule has 5 aromatic heterocycles. The van der Waals surface area contributed by atoms with E-state index < -0.39 is 0 Å². The summed E-state index contributed by atoms with van der Waals surface area (Å²) in [6, 6.07) is 128. The molecule has 102 heavy (non-hydrogen) atoms. The van der Waals surface area contributed by atoms with Gasteiger partial charge >= 0.3 is 0 Å². The van der Waals surface area contributed by atoms with Gasteiger partial charge in [0.2, 0.25) is 0 Å². The molecular formula is C96H64N6. The molecule has 0 unspecified atom stereocenters. The van der Waals surface area contributed by atoms with Gasteiger partial charge in [0.1, 0.15) is 0 Å². The van der Waals surface area contributed by atoms with E-state index in [0.29, 0.717) is 16.8 Å². The molecule has 0 amide bonds. The van der Waals surface area contributed by atoms with Crippen LogP contribution >= 0.6 is 0 Å². The quantitative estimate of drug-likeness (QED) is 0.134. The van der Waals surface area contributed by atoms with Crippen LogP contribution in [0.3, 0.4) is 0 Å². The Bertz CT molecular complexity index is 6900. The first-order valence-corrected chi connectivity index (χ1v) is 34.7.